The zero-order valence-corrected chi connectivity index (χ0v) is 22.0. The standard InChI is InChI=1S/C34H30N4/c1-21-27-15-35-20-38(18-30-26-10-6-4-8-24(26)11-13-31(30)35)34(27)22(2)28-16-36-19-37(33(21)28)17-29-25-9-5-3-7-23(25)12-14-32(29)36/h3-14H,15-20H2,1-2H3. The summed E-state index contributed by atoms with van der Waals surface area (Å²) >= 11 is 0. The van der Waals surface area contributed by atoms with E-state index in [9.17, 15) is 0 Å². The van der Waals surface area contributed by atoms with E-state index in [1.165, 1.54) is 77.7 Å². The molecule has 186 valence electrons. The Bertz CT molecular complexity index is 1700. The van der Waals surface area contributed by atoms with Crippen LogP contribution >= 0.6 is 0 Å². The zero-order chi connectivity index (χ0) is 25.1. The van der Waals surface area contributed by atoms with Crippen molar-refractivity contribution >= 4 is 44.3 Å². The average Bonchev–Trinajstić information content (AvgIpc) is 2.95. The van der Waals surface area contributed by atoms with E-state index in [2.05, 4.69) is 106 Å². The van der Waals surface area contributed by atoms with Crippen LogP contribution in [-0.2, 0) is 26.2 Å². The van der Waals surface area contributed by atoms with Crippen molar-refractivity contribution in [3.8, 4) is 0 Å². The lowest BCUT2D eigenvalue weighted by atomic mass is 9.87. The summed E-state index contributed by atoms with van der Waals surface area (Å²) in [5, 5.41) is 5.47. The third-order valence-corrected chi connectivity index (χ3v) is 9.61. The minimum Gasteiger partial charge on any atom is -0.349 e. The van der Waals surface area contributed by atoms with Crippen molar-refractivity contribution in [2.24, 2.45) is 0 Å². The molecule has 0 aliphatic carbocycles. The Hall–Kier alpha value is -4.18. The van der Waals surface area contributed by atoms with Gasteiger partial charge < -0.3 is 19.6 Å². The molecular weight excluding hydrogens is 464 g/mol. The Morgan fingerprint density at radius 3 is 1.34 bits per heavy atom. The van der Waals surface area contributed by atoms with Crippen LogP contribution in [0.1, 0.15) is 33.4 Å². The molecule has 0 aromatic heterocycles. The molecule has 38 heavy (non-hydrogen) atoms. The fourth-order valence-corrected chi connectivity index (χ4v) is 7.91. The maximum absolute atomic E-state index is 2.65. The smallest absolute Gasteiger partial charge is 0.0910 e. The van der Waals surface area contributed by atoms with Gasteiger partial charge in [0.1, 0.15) is 0 Å². The molecule has 0 radical (unpaired) electrons. The summed E-state index contributed by atoms with van der Waals surface area (Å²) in [6.07, 6.45) is 0. The van der Waals surface area contributed by atoms with Gasteiger partial charge in [-0.05, 0) is 58.7 Å². The van der Waals surface area contributed by atoms with E-state index in [-0.39, 0.29) is 0 Å². The topological polar surface area (TPSA) is 13.0 Å². The van der Waals surface area contributed by atoms with Gasteiger partial charge in [-0.3, -0.25) is 0 Å². The summed E-state index contributed by atoms with van der Waals surface area (Å²) in [6, 6.07) is 27.0. The number of nitrogens with zero attached hydrogens (tertiary/aromatic N) is 4. The second-order valence-corrected chi connectivity index (χ2v) is 11.5. The fourth-order valence-electron chi connectivity index (χ4n) is 7.91. The highest BCUT2D eigenvalue weighted by atomic mass is 15.4. The third-order valence-electron chi connectivity index (χ3n) is 9.61. The summed E-state index contributed by atoms with van der Waals surface area (Å²) in [6.45, 7) is 10.6. The number of rotatable bonds is 0. The van der Waals surface area contributed by atoms with Gasteiger partial charge in [0, 0.05) is 71.2 Å². The summed E-state index contributed by atoms with van der Waals surface area (Å²) < 4.78 is 0. The normalized spacial score (nSPS) is 16.9. The molecule has 0 saturated carbocycles. The molecule has 0 spiro atoms. The summed E-state index contributed by atoms with van der Waals surface area (Å²) in [4.78, 5) is 10.5. The van der Waals surface area contributed by atoms with Crippen LogP contribution in [0.5, 0.6) is 0 Å². The Balaban J connectivity index is 1.20. The van der Waals surface area contributed by atoms with E-state index in [0.29, 0.717) is 0 Å². The fraction of sp³-hybridized carbons (Fsp3) is 0.235. The molecule has 0 saturated heterocycles. The van der Waals surface area contributed by atoms with Gasteiger partial charge in [0.25, 0.3) is 0 Å². The van der Waals surface area contributed by atoms with Crippen LogP contribution in [0.15, 0.2) is 72.8 Å². The molecular formula is C34H30N4. The summed E-state index contributed by atoms with van der Waals surface area (Å²) in [5.41, 5.74) is 14.7. The van der Waals surface area contributed by atoms with E-state index in [0.717, 1.165) is 39.5 Å². The van der Waals surface area contributed by atoms with Gasteiger partial charge in [0.05, 0.1) is 13.3 Å². The van der Waals surface area contributed by atoms with Crippen molar-refractivity contribution in [3.05, 3.63) is 106 Å². The van der Waals surface area contributed by atoms with Gasteiger partial charge in [0.15, 0.2) is 0 Å². The van der Waals surface area contributed by atoms with Crippen LogP contribution in [0.2, 0.25) is 0 Å². The Morgan fingerprint density at radius 1 is 0.447 bits per heavy atom. The number of hydrogen-bond donors (Lipinski definition) is 0. The highest BCUT2D eigenvalue weighted by Gasteiger charge is 2.38. The first-order valence-corrected chi connectivity index (χ1v) is 13.8. The Labute approximate surface area is 223 Å². The van der Waals surface area contributed by atoms with E-state index in [1.807, 2.05) is 0 Å². The highest BCUT2D eigenvalue weighted by molar-refractivity contribution is 5.94. The lowest BCUT2D eigenvalue weighted by Gasteiger charge is -2.50. The van der Waals surface area contributed by atoms with E-state index in [4.69, 9.17) is 0 Å². The maximum atomic E-state index is 2.65. The molecule has 4 bridgehead atoms. The van der Waals surface area contributed by atoms with Crippen molar-refractivity contribution in [2.45, 2.75) is 40.0 Å². The van der Waals surface area contributed by atoms with Crippen LogP contribution in [0.25, 0.3) is 21.5 Å². The molecule has 0 unspecified atom stereocenters. The van der Waals surface area contributed by atoms with Crippen molar-refractivity contribution < 1.29 is 0 Å². The van der Waals surface area contributed by atoms with Crippen LogP contribution < -0.4 is 19.6 Å². The molecule has 4 aliphatic heterocycles. The molecule has 9 rings (SSSR count). The first-order chi connectivity index (χ1) is 18.7. The van der Waals surface area contributed by atoms with Gasteiger partial charge in [-0.15, -0.1) is 0 Å². The summed E-state index contributed by atoms with van der Waals surface area (Å²) in [7, 11) is 0. The molecule has 0 N–H and O–H groups in total. The van der Waals surface area contributed by atoms with Crippen molar-refractivity contribution in [1.29, 1.82) is 0 Å². The number of hydrogen-bond acceptors (Lipinski definition) is 4. The van der Waals surface area contributed by atoms with Gasteiger partial charge in [-0.25, -0.2) is 0 Å². The monoisotopic (exact) mass is 494 g/mol. The minimum absolute atomic E-state index is 0.972. The third kappa shape index (κ3) is 2.60. The highest BCUT2D eigenvalue weighted by Crippen LogP contribution is 2.50. The van der Waals surface area contributed by atoms with Gasteiger partial charge >= 0.3 is 0 Å². The molecule has 0 fully saturated rings. The van der Waals surface area contributed by atoms with Crippen molar-refractivity contribution in [1.82, 2.24) is 0 Å². The molecule has 0 amide bonds. The first kappa shape index (κ1) is 20.8. The first-order valence-electron chi connectivity index (χ1n) is 13.8. The maximum Gasteiger partial charge on any atom is 0.0910 e. The second-order valence-electron chi connectivity index (χ2n) is 11.5. The molecule has 0 atom stereocenters. The molecule has 4 heterocycles. The largest absolute Gasteiger partial charge is 0.349 e. The second kappa shape index (κ2) is 7.22. The van der Waals surface area contributed by atoms with E-state index in [1.54, 1.807) is 0 Å². The molecule has 5 aromatic rings. The number of anilines is 4. The quantitative estimate of drug-likeness (QED) is 0.226. The molecule has 4 nitrogen and oxygen atoms in total. The Morgan fingerprint density at radius 2 is 0.868 bits per heavy atom. The zero-order valence-electron chi connectivity index (χ0n) is 22.0. The van der Waals surface area contributed by atoms with Crippen LogP contribution in [0, 0.1) is 13.8 Å². The van der Waals surface area contributed by atoms with Gasteiger partial charge in [-0.1, -0.05) is 60.7 Å². The van der Waals surface area contributed by atoms with Crippen molar-refractivity contribution in [3.63, 3.8) is 0 Å². The molecule has 5 aromatic carbocycles. The van der Waals surface area contributed by atoms with Gasteiger partial charge in [0.2, 0.25) is 0 Å². The van der Waals surface area contributed by atoms with Crippen LogP contribution in [0.3, 0.4) is 0 Å². The summed E-state index contributed by atoms with van der Waals surface area (Å²) in [5.74, 6) is 0. The SMILES string of the molecule is Cc1c2c(c(C)c3c1N1Cc4c(ccc5ccccc45)N(C3)C1)N1Cc3c(ccc4ccccc34)N(C2)C1. The lowest BCUT2D eigenvalue weighted by molar-refractivity contribution is 0.628. The predicted molar refractivity (Wildman–Crippen MR) is 158 cm³/mol. The van der Waals surface area contributed by atoms with E-state index < -0.39 is 0 Å². The molecule has 4 heteroatoms. The predicted octanol–water partition coefficient (Wildman–Crippen LogP) is 7.21. The minimum atomic E-state index is 0.972. The number of benzene rings is 5. The van der Waals surface area contributed by atoms with Crippen LogP contribution in [0.4, 0.5) is 22.7 Å². The van der Waals surface area contributed by atoms with E-state index >= 15 is 0 Å². The Kier molecular flexibility index (Phi) is 3.96. The molecule has 4 aliphatic rings. The average molecular weight is 495 g/mol. The van der Waals surface area contributed by atoms with Crippen molar-refractivity contribution in [2.75, 3.05) is 32.9 Å². The lowest BCUT2D eigenvalue weighted by Crippen LogP contribution is -2.49. The van der Waals surface area contributed by atoms with Gasteiger partial charge in [-0.2, -0.15) is 0 Å². The number of fused-ring (bicyclic) bond motifs is 16. The van der Waals surface area contributed by atoms with Crippen LogP contribution in [-0.4, -0.2) is 13.3 Å².